The van der Waals surface area contributed by atoms with Crippen molar-refractivity contribution in [1.82, 2.24) is 19.9 Å². The van der Waals surface area contributed by atoms with E-state index in [1.165, 1.54) is 0 Å². The summed E-state index contributed by atoms with van der Waals surface area (Å²) in [6.07, 6.45) is 0.130. The Bertz CT molecular complexity index is 1120. The number of nitrogens with one attached hydrogen (secondary N) is 1. The molecule has 3 aromatic rings. The molecule has 1 aliphatic heterocycles. The zero-order chi connectivity index (χ0) is 22.5. The number of aromatic nitrogens is 3. The quantitative estimate of drug-likeness (QED) is 0.546. The molecule has 1 fully saturated rings. The van der Waals surface area contributed by atoms with Crippen molar-refractivity contribution < 1.29 is 14.3 Å². The molecule has 1 aliphatic rings. The summed E-state index contributed by atoms with van der Waals surface area (Å²) in [6.45, 7) is 2.60. The van der Waals surface area contributed by atoms with Gasteiger partial charge in [-0.1, -0.05) is 48.5 Å². The van der Waals surface area contributed by atoms with Crippen molar-refractivity contribution in [3.63, 3.8) is 0 Å². The minimum atomic E-state index is -0.519. The van der Waals surface area contributed by atoms with Gasteiger partial charge >= 0.3 is 5.97 Å². The van der Waals surface area contributed by atoms with E-state index in [1.807, 2.05) is 61.5 Å². The molecular weight excluding hydrogens is 408 g/mol. The van der Waals surface area contributed by atoms with Gasteiger partial charge in [0.15, 0.2) is 12.4 Å². The van der Waals surface area contributed by atoms with Gasteiger partial charge < -0.3 is 20.7 Å². The number of hydrogen-bond donors (Lipinski definition) is 2. The Morgan fingerprint density at radius 2 is 1.88 bits per heavy atom. The molecule has 1 amide bonds. The first-order valence-electron chi connectivity index (χ1n) is 10.3. The lowest BCUT2D eigenvalue weighted by Gasteiger charge is -2.16. The highest BCUT2D eigenvalue weighted by atomic mass is 16.5. The van der Waals surface area contributed by atoms with Crippen LogP contribution in [0.5, 0.6) is 0 Å². The van der Waals surface area contributed by atoms with Gasteiger partial charge in [-0.05, 0) is 24.1 Å². The Labute approximate surface area is 185 Å². The number of para-hydroxylation sites is 1. The summed E-state index contributed by atoms with van der Waals surface area (Å²) in [6, 6.07) is 17.3. The smallest absolute Gasteiger partial charge is 0.311 e. The minimum absolute atomic E-state index is 0.0206. The van der Waals surface area contributed by atoms with E-state index in [1.54, 1.807) is 4.90 Å². The van der Waals surface area contributed by atoms with Crippen LogP contribution in [-0.2, 0) is 27.5 Å². The SMILES string of the molecule is Cc1ccccc1Nc1nc(N)nc(COC(=O)[C@@H]2CC(=O)N(Cc3ccccc3)C2)n1. The third-order valence-electron chi connectivity index (χ3n) is 5.20. The monoisotopic (exact) mass is 432 g/mol. The standard InChI is InChI=1S/C23H24N6O3/c1-15-7-5-6-10-18(15)25-23-27-19(26-22(24)28-23)14-32-21(31)17-11-20(30)29(13-17)12-16-8-3-2-4-9-16/h2-10,17H,11-14H2,1H3,(H3,24,25,26,27,28)/t17-/m1/s1. The van der Waals surface area contributed by atoms with Gasteiger partial charge in [0.1, 0.15) is 0 Å². The summed E-state index contributed by atoms with van der Waals surface area (Å²) in [7, 11) is 0. The van der Waals surface area contributed by atoms with E-state index >= 15 is 0 Å². The van der Waals surface area contributed by atoms with Gasteiger partial charge in [-0.25, -0.2) is 0 Å². The minimum Gasteiger partial charge on any atom is -0.457 e. The molecule has 9 heteroatoms. The van der Waals surface area contributed by atoms with E-state index < -0.39 is 11.9 Å². The van der Waals surface area contributed by atoms with Crippen LogP contribution in [0.2, 0.25) is 0 Å². The van der Waals surface area contributed by atoms with Crippen LogP contribution in [0, 0.1) is 12.8 Å². The van der Waals surface area contributed by atoms with Crippen LogP contribution in [0.1, 0.15) is 23.4 Å². The first-order chi connectivity index (χ1) is 15.5. The summed E-state index contributed by atoms with van der Waals surface area (Å²) >= 11 is 0. The molecule has 32 heavy (non-hydrogen) atoms. The van der Waals surface area contributed by atoms with Crippen molar-refractivity contribution in [2.45, 2.75) is 26.5 Å². The number of nitrogens with two attached hydrogens (primary N) is 1. The summed E-state index contributed by atoms with van der Waals surface area (Å²) < 4.78 is 5.39. The van der Waals surface area contributed by atoms with E-state index in [0.717, 1.165) is 16.8 Å². The number of nitrogens with zero attached hydrogens (tertiary/aromatic N) is 4. The van der Waals surface area contributed by atoms with Gasteiger partial charge in [0.25, 0.3) is 0 Å². The normalized spacial score (nSPS) is 15.6. The summed E-state index contributed by atoms with van der Waals surface area (Å²) in [5, 5.41) is 3.10. The van der Waals surface area contributed by atoms with Gasteiger partial charge in [-0.15, -0.1) is 0 Å². The summed E-state index contributed by atoms with van der Waals surface area (Å²) in [4.78, 5) is 39.0. The average Bonchev–Trinajstić information content (AvgIpc) is 3.14. The molecule has 0 unspecified atom stereocenters. The Kier molecular flexibility index (Phi) is 6.25. The molecule has 1 atom stereocenters. The van der Waals surface area contributed by atoms with E-state index in [-0.39, 0.29) is 36.7 Å². The topological polar surface area (TPSA) is 123 Å². The third-order valence-corrected chi connectivity index (χ3v) is 5.20. The van der Waals surface area contributed by atoms with E-state index in [2.05, 4.69) is 20.3 Å². The van der Waals surface area contributed by atoms with Crippen LogP contribution in [0.3, 0.4) is 0 Å². The zero-order valence-corrected chi connectivity index (χ0v) is 17.7. The zero-order valence-electron chi connectivity index (χ0n) is 17.7. The average molecular weight is 432 g/mol. The number of carbonyl (C=O) groups excluding carboxylic acids is 2. The second kappa shape index (κ2) is 9.42. The molecule has 0 saturated carbocycles. The number of aryl methyl sites for hydroxylation is 1. The molecule has 1 aromatic heterocycles. The summed E-state index contributed by atoms with van der Waals surface area (Å²) in [5.74, 6) is -0.524. The predicted octanol–water partition coefficient (Wildman–Crippen LogP) is 2.60. The largest absolute Gasteiger partial charge is 0.457 e. The van der Waals surface area contributed by atoms with Crippen molar-refractivity contribution in [1.29, 1.82) is 0 Å². The Morgan fingerprint density at radius 3 is 2.66 bits per heavy atom. The number of amides is 1. The molecular formula is C23H24N6O3. The van der Waals surface area contributed by atoms with Crippen molar-refractivity contribution in [2.75, 3.05) is 17.6 Å². The highest BCUT2D eigenvalue weighted by Gasteiger charge is 2.35. The Hall–Kier alpha value is -4.01. The van der Waals surface area contributed by atoms with Crippen LogP contribution in [0.4, 0.5) is 17.6 Å². The lowest BCUT2D eigenvalue weighted by molar-refractivity contribution is -0.150. The van der Waals surface area contributed by atoms with Crippen LogP contribution in [0.25, 0.3) is 0 Å². The molecule has 0 bridgehead atoms. The fourth-order valence-electron chi connectivity index (χ4n) is 3.53. The maximum absolute atomic E-state index is 12.5. The molecule has 9 nitrogen and oxygen atoms in total. The first kappa shape index (κ1) is 21.2. The fourth-order valence-corrected chi connectivity index (χ4v) is 3.53. The summed E-state index contributed by atoms with van der Waals surface area (Å²) in [5.41, 5.74) is 8.67. The fraction of sp³-hybridized carbons (Fsp3) is 0.261. The molecule has 3 N–H and O–H groups in total. The number of hydrogen-bond acceptors (Lipinski definition) is 8. The number of ether oxygens (including phenoxy) is 1. The number of likely N-dealkylation sites (tertiary alicyclic amines) is 1. The lowest BCUT2D eigenvalue weighted by atomic mass is 10.1. The lowest BCUT2D eigenvalue weighted by Crippen LogP contribution is -2.26. The van der Waals surface area contributed by atoms with Crippen molar-refractivity contribution in [3.8, 4) is 0 Å². The van der Waals surface area contributed by atoms with Gasteiger partial charge in [0, 0.05) is 25.2 Å². The number of esters is 1. The predicted molar refractivity (Wildman–Crippen MR) is 118 cm³/mol. The molecule has 0 spiro atoms. The van der Waals surface area contributed by atoms with Gasteiger partial charge in [-0.3, -0.25) is 9.59 Å². The number of rotatable bonds is 7. The van der Waals surface area contributed by atoms with Gasteiger partial charge in [0.05, 0.1) is 5.92 Å². The van der Waals surface area contributed by atoms with Crippen molar-refractivity contribution >= 4 is 29.5 Å². The van der Waals surface area contributed by atoms with Crippen molar-refractivity contribution in [3.05, 3.63) is 71.5 Å². The van der Waals surface area contributed by atoms with Crippen molar-refractivity contribution in [2.24, 2.45) is 5.92 Å². The second-order valence-corrected chi connectivity index (χ2v) is 7.64. The number of anilines is 3. The van der Waals surface area contributed by atoms with Crippen LogP contribution in [0.15, 0.2) is 54.6 Å². The molecule has 2 aromatic carbocycles. The third kappa shape index (κ3) is 5.18. The van der Waals surface area contributed by atoms with E-state index in [4.69, 9.17) is 10.5 Å². The molecule has 2 heterocycles. The van der Waals surface area contributed by atoms with Gasteiger partial charge in [-0.2, -0.15) is 15.0 Å². The number of nitrogen functional groups attached to an aromatic ring is 1. The van der Waals surface area contributed by atoms with Crippen LogP contribution < -0.4 is 11.1 Å². The maximum atomic E-state index is 12.5. The number of benzene rings is 2. The Morgan fingerprint density at radius 1 is 1.12 bits per heavy atom. The molecule has 0 radical (unpaired) electrons. The van der Waals surface area contributed by atoms with Crippen LogP contribution in [-0.4, -0.2) is 38.3 Å². The Balaban J connectivity index is 1.35. The highest BCUT2D eigenvalue weighted by Crippen LogP contribution is 2.22. The maximum Gasteiger partial charge on any atom is 0.311 e. The highest BCUT2D eigenvalue weighted by molar-refractivity contribution is 5.86. The molecule has 4 rings (SSSR count). The van der Waals surface area contributed by atoms with E-state index in [0.29, 0.717) is 13.1 Å². The molecule has 164 valence electrons. The van der Waals surface area contributed by atoms with E-state index in [9.17, 15) is 9.59 Å². The first-order valence-corrected chi connectivity index (χ1v) is 10.3. The molecule has 0 aliphatic carbocycles. The van der Waals surface area contributed by atoms with Crippen LogP contribution >= 0.6 is 0 Å². The number of carbonyl (C=O) groups is 2. The van der Waals surface area contributed by atoms with Gasteiger partial charge in [0.2, 0.25) is 17.8 Å². The second-order valence-electron chi connectivity index (χ2n) is 7.64. The molecule has 1 saturated heterocycles.